The standard InChI is InChI=1S/C20H18FN3O2/c1-12-3-2-10-24(12)19-18(13-4-7-15(21)8-5-13)22-16-9-6-14(20(25)26)11-17(16)23-19/h4-9,11-12H,2-3,10H2,1H3,(H,25,26). The lowest BCUT2D eigenvalue weighted by Gasteiger charge is -2.25. The van der Waals surface area contributed by atoms with Gasteiger partial charge >= 0.3 is 5.97 Å². The van der Waals surface area contributed by atoms with Crippen LogP contribution in [0.15, 0.2) is 42.5 Å². The first-order chi connectivity index (χ1) is 12.5. The molecule has 1 atom stereocenters. The summed E-state index contributed by atoms with van der Waals surface area (Å²) in [5.41, 5.74) is 2.82. The molecule has 2 aromatic carbocycles. The minimum Gasteiger partial charge on any atom is -0.478 e. The molecule has 1 aliphatic heterocycles. The predicted molar refractivity (Wildman–Crippen MR) is 97.9 cm³/mol. The van der Waals surface area contributed by atoms with Gasteiger partial charge in [-0.05, 0) is 62.2 Å². The molecule has 1 aliphatic rings. The molecule has 0 aliphatic carbocycles. The van der Waals surface area contributed by atoms with Crippen molar-refractivity contribution in [2.45, 2.75) is 25.8 Å². The summed E-state index contributed by atoms with van der Waals surface area (Å²) in [5, 5.41) is 9.23. The Labute approximate surface area is 150 Å². The number of hydrogen-bond donors (Lipinski definition) is 1. The number of halogens is 1. The Bertz CT molecular complexity index is 988. The third-order valence-corrected chi connectivity index (χ3v) is 4.84. The van der Waals surface area contributed by atoms with Gasteiger partial charge in [-0.2, -0.15) is 0 Å². The Hall–Kier alpha value is -3.02. The van der Waals surface area contributed by atoms with E-state index in [4.69, 9.17) is 9.97 Å². The van der Waals surface area contributed by atoms with E-state index in [0.717, 1.165) is 30.8 Å². The molecule has 132 valence electrons. The van der Waals surface area contributed by atoms with E-state index in [1.807, 2.05) is 0 Å². The fourth-order valence-corrected chi connectivity index (χ4v) is 3.43. The Morgan fingerprint density at radius 2 is 1.92 bits per heavy atom. The Morgan fingerprint density at radius 3 is 2.58 bits per heavy atom. The van der Waals surface area contributed by atoms with Crippen LogP contribution in [-0.2, 0) is 0 Å². The van der Waals surface area contributed by atoms with Crippen LogP contribution in [0.25, 0.3) is 22.3 Å². The maximum absolute atomic E-state index is 13.3. The number of carboxylic acid groups (broad SMARTS) is 1. The molecular weight excluding hydrogens is 333 g/mol. The lowest BCUT2D eigenvalue weighted by molar-refractivity contribution is 0.0697. The number of fused-ring (bicyclic) bond motifs is 1. The van der Waals surface area contributed by atoms with E-state index >= 15 is 0 Å². The van der Waals surface area contributed by atoms with Gasteiger partial charge in [-0.1, -0.05) is 0 Å². The lowest BCUT2D eigenvalue weighted by atomic mass is 10.1. The van der Waals surface area contributed by atoms with Crippen molar-refractivity contribution < 1.29 is 14.3 Å². The van der Waals surface area contributed by atoms with Gasteiger partial charge in [0, 0.05) is 18.2 Å². The third kappa shape index (κ3) is 2.87. The van der Waals surface area contributed by atoms with Crippen LogP contribution in [0.4, 0.5) is 10.2 Å². The average Bonchev–Trinajstić information content (AvgIpc) is 3.06. The zero-order valence-electron chi connectivity index (χ0n) is 14.3. The van der Waals surface area contributed by atoms with E-state index in [1.54, 1.807) is 24.3 Å². The largest absolute Gasteiger partial charge is 0.478 e. The smallest absolute Gasteiger partial charge is 0.335 e. The summed E-state index contributed by atoms with van der Waals surface area (Å²) in [7, 11) is 0. The van der Waals surface area contributed by atoms with Crippen molar-refractivity contribution in [1.82, 2.24) is 9.97 Å². The topological polar surface area (TPSA) is 66.3 Å². The van der Waals surface area contributed by atoms with Gasteiger partial charge in [0.25, 0.3) is 0 Å². The number of aromatic carboxylic acids is 1. The van der Waals surface area contributed by atoms with Crippen molar-refractivity contribution in [2.24, 2.45) is 0 Å². The molecule has 0 saturated carbocycles. The fourth-order valence-electron chi connectivity index (χ4n) is 3.43. The van der Waals surface area contributed by atoms with Crippen molar-refractivity contribution in [3.8, 4) is 11.3 Å². The number of anilines is 1. The average molecular weight is 351 g/mol. The van der Waals surface area contributed by atoms with E-state index in [-0.39, 0.29) is 11.4 Å². The molecule has 4 rings (SSSR count). The van der Waals surface area contributed by atoms with Gasteiger partial charge in [0.2, 0.25) is 0 Å². The first-order valence-electron chi connectivity index (χ1n) is 8.60. The van der Waals surface area contributed by atoms with Gasteiger partial charge in [0.1, 0.15) is 11.5 Å². The highest BCUT2D eigenvalue weighted by Gasteiger charge is 2.26. The van der Waals surface area contributed by atoms with E-state index < -0.39 is 5.97 Å². The molecule has 0 bridgehead atoms. The van der Waals surface area contributed by atoms with E-state index in [9.17, 15) is 14.3 Å². The van der Waals surface area contributed by atoms with Crippen LogP contribution < -0.4 is 4.90 Å². The van der Waals surface area contributed by atoms with Crippen molar-refractivity contribution in [3.63, 3.8) is 0 Å². The maximum Gasteiger partial charge on any atom is 0.335 e. The van der Waals surface area contributed by atoms with E-state index in [2.05, 4.69) is 11.8 Å². The number of carbonyl (C=O) groups is 1. The van der Waals surface area contributed by atoms with Gasteiger partial charge in [-0.25, -0.2) is 19.2 Å². The minimum atomic E-state index is -0.993. The first kappa shape index (κ1) is 16.4. The van der Waals surface area contributed by atoms with Crippen LogP contribution in [0.1, 0.15) is 30.1 Å². The highest BCUT2D eigenvalue weighted by molar-refractivity contribution is 5.93. The Kier molecular flexibility index (Phi) is 4.03. The second-order valence-electron chi connectivity index (χ2n) is 6.60. The normalized spacial score (nSPS) is 17.0. The molecule has 2 heterocycles. The van der Waals surface area contributed by atoms with Crippen LogP contribution in [0.2, 0.25) is 0 Å². The number of rotatable bonds is 3. The molecule has 1 unspecified atom stereocenters. The van der Waals surface area contributed by atoms with Gasteiger partial charge in [0.15, 0.2) is 5.82 Å². The summed E-state index contributed by atoms with van der Waals surface area (Å²) in [6, 6.07) is 11.3. The summed E-state index contributed by atoms with van der Waals surface area (Å²) in [5.74, 6) is -0.575. The molecule has 0 spiro atoms. The fraction of sp³-hybridized carbons (Fsp3) is 0.250. The summed E-state index contributed by atoms with van der Waals surface area (Å²) < 4.78 is 13.3. The number of benzene rings is 2. The zero-order valence-corrected chi connectivity index (χ0v) is 14.3. The molecule has 3 aromatic rings. The van der Waals surface area contributed by atoms with Crippen LogP contribution in [0, 0.1) is 5.82 Å². The summed E-state index contributed by atoms with van der Waals surface area (Å²) >= 11 is 0. The second kappa shape index (κ2) is 6.37. The third-order valence-electron chi connectivity index (χ3n) is 4.84. The number of aromatic nitrogens is 2. The molecule has 5 nitrogen and oxygen atoms in total. The molecule has 1 fully saturated rings. The molecule has 0 amide bonds. The molecule has 6 heteroatoms. The highest BCUT2D eigenvalue weighted by Crippen LogP contribution is 2.34. The van der Waals surface area contributed by atoms with Crippen molar-refractivity contribution >= 4 is 22.8 Å². The Balaban J connectivity index is 1.94. The molecule has 0 radical (unpaired) electrons. The number of nitrogens with zero attached hydrogens (tertiary/aromatic N) is 3. The van der Waals surface area contributed by atoms with E-state index in [1.165, 1.54) is 18.2 Å². The van der Waals surface area contributed by atoms with Gasteiger partial charge in [-0.15, -0.1) is 0 Å². The number of carboxylic acids is 1. The van der Waals surface area contributed by atoms with Gasteiger partial charge < -0.3 is 10.0 Å². The van der Waals surface area contributed by atoms with Crippen LogP contribution >= 0.6 is 0 Å². The van der Waals surface area contributed by atoms with Gasteiger partial charge in [-0.3, -0.25) is 0 Å². The van der Waals surface area contributed by atoms with Crippen molar-refractivity contribution in [1.29, 1.82) is 0 Å². The first-order valence-corrected chi connectivity index (χ1v) is 8.60. The summed E-state index contributed by atoms with van der Waals surface area (Å²) in [4.78, 5) is 22.9. The van der Waals surface area contributed by atoms with E-state index in [0.29, 0.717) is 22.8 Å². The monoisotopic (exact) mass is 351 g/mol. The highest BCUT2D eigenvalue weighted by atomic mass is 19.1. The molecular formula is C20H18FN3O2. The predicted octanol–water partition coefficient (Wildman–Crippen LogP) is 4.12. The molecule has 1 aromatic heterocycles. The molecule has 1 saturated heterocycles. The quantitative estimate of drug-likeness (QED) is 0.769. The molecule has 1 N–H and O–H groups in total. The second-order valence-corrected chi connectivity index (χ2v) is 6.60. The zero-order chi connectivity index (χ0) is 18.3. The van der Waals surface area contributed by atoms with Crippen molar-refractivity contribution in [2.75, 3.05) is 11.4 Å². The van der Waals surface area contributed by atoms with Crippen LogP contribution in [0.3, 0.4) is 0 Å². The number of hydrogen-bond acceptors (Lipinski definition) is 4. The molecule has 26 heavy (non-hydrogen) atoms. The summed E-state index contributed by atoms with van der Waals surface area (Å²) in [6.45, 7) is 3.01. The Morgan fingerprint density at radius 1 is 1.15 bits per heavy atom. The van der Waals surface area contributed by atoms with Crippen molar-refractivity contribution in [3.05, 3.63) is 53.8 Å². The van der Waals surface area contributed by atoms with Gasteiger partial charge in [0.05, 0.1) is 16.6 Å². The SMILES string of the molecule is CC1CCCN1c1nc2cc(C(=O)O)ccc2nc1-c1ccc(F)cc1. The van der Waals surface area contributed by atoms with Crippen LogP contribution in [-0.4, -0.2) is 33.6 Å². The van der Waals surface area contributed by atoms with Crippen LogP contribution in [0.5, 0.6) is 0 Å². The maximum atomic E-state index is 13.3. The lowest BCUT2D eigenvalue weighted by Crippen LogP contribution is -2.28. The minimum absolute atomic E-state index is 0.182. The summed E-state index contributed by atoms with van der Waals surface area (Å²) in [6.07, 6.45) is 2.14.